The van der Waals surface area contributed by atoms with Crippen molar-refractivity contribution in [2.45, 2.75) is 26.0 Å². The molecule has 2 rings (SSSR count). The van der Waals surface area contributed by atoms with E-state index in [4.69, 9.17) is 21.1 Å². The molecular formula is C15H21ClN2O4. The smallest absolute Gasteiger partial charge is 0.322 e. The Morgan fingerprint density at radius 2 is 2.27 bits per heavy atom. The molecule has 1 aromatic carbocycles. The molecule has 0 bridgehead atoms. The summed E-state index contributed by atoms with van der Waals surface area (Å²) in [6.07, 6.45) is -0.667. The van der Waals surface area contributed by atoms with Crippen LogP contribution in [0.1, 0.15) is 12.5 Å². The molecule has 1 aliphatic rings. The molecule has 1 fully saturated rings. The fraction of sp³-hybridized carbons (Fsp3) is 0.533. The van der Waals surface area contributed by atoms with E-state index in [0.717, 1.165) is 5.56 Å². The Hall–Kier alpha value is -1.50. The number of anilines is 1. The van der Waals surface area contributed by atoms with Crippen molar-refractivity contribution in [1.82, 2.24) is 4.90 Å². The number of benzene rings is 1. The predicted octanol–water partition coefficient (Wildman–Crippen LogP) is 2.27. The van der Waals surface area contributed by atoms with E-state index in [9.17, 15) is 9.90 Å². The number of halogens is 1. The third kappa shape index (κ3) is 3.45. The lowest BCUT2D eigenvalue weighted by Crippen LogP contribution is -2.48. The number of carbonyl (C=O) groups is 1. The van der Waals surface area contributed by atoms with Crippen molar-refractivity contribution in [3.8, 4) is 5.75 Å². The zero-order valence-corrected chi connectivity index (χ0v) is 13.7. The quantitative estimate of drug-likeness (QED) is 0.889. The zero-order valence-electron chi connectivity index (χ0n) is 12.9. The number of nitrogens with zero attached hydrogens (tertiary/aromatic N) is 1. The molecule has 7 heteroatoms. The monoisotopic (exact) mass is 328 g/mol. The SMILES string of the molecule is CCN(C(=O)Nc1cc(C)c(Cl)cc1OC)C1COCC1O. The summed E-state index contributed by atoms with van der Waals surface area (Å²) < 4.78 is 10.5. The lowest BCUT2D eigenvalue weighted by molar-refractivity contribution is 0.1000. The van der Waals surface area contributed by atoms with Crippen LogP contribution in [0.4, 0.5) is 10.5 Å². The third-order valence-corrected chi connectivity index (χ3v) is 4.15. The molecule has 2 amide bonds. The second-order valence-electron chi connectivity index (χ2n) is 5.19. The Morgan fingerprint density at radius 1 is 1.55 bits per heavy atom. The summed E-state index contributed by atoms with van der Waals surface area (Å²) in [4.78, 5) is 14.1. The first-order chi connectivity index (χ1) is 10.5. The first-order valence-electron chi connectivity index (χ1n) is 7.15. The fourth-order valence-electron chi connectivity index (χ4n) is 2.47. The molecule has 6 nitrogen and oxygen atoms in total. The van der Waals surface area contributed by atoms with E-state index in [1.54, 1.807) is 17.0 Å². The van der Waals surface area contributed by atoms with Crippen LogP contribution in [0.5, 0.6) is 5.75 Å². The Bertz CT molecular complexity index is 553. The highest BCUT2D eigenvalue weighted by Gasteiger charge is 2.34. The highest BCUT2D eigenvalue weighted by atomic mass is 35.5. The summed E-state index contributed by atoms with van der Waals surface area (Å²) >= 11 is 6.06. The number of aliphatic hydroxyl groups is 1. The van der Waals surface area contributed by atoms with E-state index in [0.29, 0.717) is 29.6 Å². The number of amides is 2. The van der Waals surface area contributed by atoms with Crippen LogP contribution in [0, 0.1) is 6.92 Å². The highest BCUT2D eigenvalue weighted by molar-refractivity contribution is 6.31. The Balaban J connectivity index is 2.18. The number of carbonyl (C=O) groups excluding carboxylic acids is 1. The molecule has 22 heavy (non-hydrogen) atoms. The van der Waals surface area contributed by atoms with Crippen molar-refractivity contribution in [2.75, 3.05) is 32.2 Å². The summed E-state index contributed by atoms with van der Waals surface area (Å²) in [5.74, 6) is 0.489. The van der Waals surface area contributed by atoms with Gasteiger partial charge in [-0.05, 0) is 25.5 Å². The fourth-order valence-corrected chi connectivity index (χ4v) is 2.63. The average Bonchev–Trinajstić information content (AvgIpc) is 2.89. The van der Waals surface area contributed by atoms with Gasteiger partial charge in [-0.15, -0.1) is 0 Å². The minimum absolute atomic E-state index is 0.248. The molecule has 0 aromatic heterocycles. The van der Waals surface area contributed by atoms with Crippen LogP contribution in [0.15, 0.2) is 12.1 Å². The molecule has 0 saturated carbocycles. The number of urea groups is 1. The largest absolute Gasteiger partial charge is 0.495 e. The molecule has 1 heterocycles. The van der Waals surface area contributed by atoms with Crippen molar-refractivity contribution in [2.24, 2.45) is 0 Å². The molecule has 1 saturated heterocycles. The maximum Gasteiger partial charge on any atom is 0.322 e. The molecule has 2 N–H and O–H groups in total. The molecule has 0 radical (unpaired) electrons. The summed E-state index contributed by atoms with van der Waals surface area (Å²) in [6, 6.07) is 2.77. The molecule has 1 aliphatic heterocycles. The Kier molecular flexibility index (Phi) is 5.50. The van der Waals surface area contributed by atoms with Crippen molar-refractivity contribution in [3.63, 3.8) is 0 Å². The zero-order chi connectivity index (χ0) is 16.3. The number of nitrogens with one attached hydrogen (secondary N) is 1. The van der Waals surface area contributed by atoms with Crippen LogP contribution >= 0.6 is 11.6 Å². The number of methoxy groups -OCH3 is 1. The van der Waals surface area contributed by atoms with Gasteiger partial charge < -0.3 is 24.8 Å². The molecule has 0 spiro atoms. The number of hydrogen-bond donors (Lipinski definition) is 2. The molecular weight excluding hydrogens is 308 g/mol. The van der Waals surface area contributed by atoms with Crippen molar-refractivity contribution in [1.29, 1.82) is 0 Å². The van der Waals surface area contributed by atoms with Crippen molar-refractivity contribution < 1.29 is 19.4 Å². The van der Waals surface area contributed by atoms with Gasteiger partial charge in [-0.25, -0.2) is 4.79 Å². The molecule has 122 valence electrons. The second-order valence-corrected chi connectivity index (χ2v) is 5.60. The van der Waals surface area contributed by atoms with Crippen LogP contribution in [-0.2, 0) is 4.74 Å². The van der Waals surface area contributed by atoms with Gasteiger partial charge in [0.25, 0.3) is 0 Å². The maximum atomic E-state index is 12.5. The van der Waals surface area contributed by atoms with Crippen LogP contribution in [0.25, 0.3) is 0 Å². The van der Waals surface area contributed by atoms with E-state index in [1.807, 2.05) is 13.8 Å². The van der Waals surface area contributed by atoms with Crippen LogP contribution in [0.2, 0.25) is 5.02 Å². The first-order valence-corrected chi connectivity index (χ1v) is 7.53. The van der Waals surface area contributed by atoms with E-state index in [2.05, 4.69) is 5.32 Å². The third-order valence-electron chi connectivity index (χ3n) is 3.75. The van der Waals surface area contributed by atoms with Crippen LogP contribution in [0.3, 0.4) is 0 Å². The highest BCUT2D eigenvalue weighted by Crippen LogP contribution is 2.31. The van der Waals surface area contributed by atoms with Crippen LogP contribution < -0.4 is 10.1 Å². The predicted molar refractivity (Wildman–Crippen MR) is 84.8 cm³/mol. The maximum absolute atomic E-state index is 12.5. The summed E-state index contributed by atoms with van der Waals surface area (Å²) in [6.45, 7) is 4.75. The van der Waals surface area contributed by atoms with Crippen LogP contribution in [-0.4, -0.2) is 55.1 Å². The number of ether oxygens (including phenoxy) is 2. The summed E-state index contributed by atoms with van der Waals surface area (Å²) in [7, 11) is 1.52. The van der Waals surface area contributed by atoms with E-state index >= 15 is 0 Å². The summed E-state index contributed by atoms with van der Waals surface area (Å²) in [5.41, 5.74) is 1.38. The van der Waals surface area contributed by atoms with Crippen molar-refractivity contribution >= 4 is 23.3 Å². The average molecular weight is 329 g/mol. The molecule has 1 aromatic rings. The van der Waals surface area contributed by atoms with Gasteiger partial charge in [-0.1, -0.05) is 11.6 Å². The van der Waals surface area contributed by atoms with Gasteiger partial charge in [0, 0.05) is 17.6 Å². The number of aliphatic hydroxyl groups excluding tert-OH is 1. The van der Waals surface area contributed by atoms with E-state index in [-0.39, 0.29) is 18.7 Å². The number of aryl methyl sites for hydroxylation is 1. The number of hydrogen-bond acceptors (Lipinski definition) is 4. The van der Waals surface area contributed by atoms with Gasteiger partial charge in [0.15, 0.2) is 0 Å². The van der Waals surface area contributed by atoms with Gasteiger partial charge >= 0.3 is 6.03 Å². The molecule has 0 aliphatic carbocycles. The topological polar surface area (TPSA) is 71.0 Å². The van der Waals surface area contributed by atoms with Gasteiger partial charge in [0.05, 0.1) is 38.2 Å². The Labute approximate surface area is 135 Å². The molecule has 2 atom stereocenters. The van der Waals surface area contributed by atoms with Gasteiger partial charge in [-0.2, -0.15) is 0 Å². The van der Waals surface area contributed by atoms with E-state index < -0.39 is 6.10 Å². The molecule has 2 unspecified atom stereocenters. The normalized spacial score (nSPS) is 20.8. The number of likely N-dealkylation sites (N-methyl/N-ethyl adjacent to an activating group) is 1. The summed E-state index contributed by atoms with van der Waals surface area (Å²) in [5, 5.41) is 13.3. The van der Waals surface area contributed by atoms with E-state index in [1.165, 1.54) is 7.11 Å². The minimum Gasteiger partial charge on any atom is -0.495 e. The number of rotatable bonds is 4. The van der Waals surface area contributed by atoms with Crippen molar-refractivity contribution in [3.05, 3.63) is 22.7 Å². The second kappa shape index (κ2) is 7.17. The van der Waals surface area contributed by atoms with Gasteiger partial charge in [0.2, 0.25) is 0 Å². The first kappa shape index (κ1) is 16.9. The Morgan fingerprint density at radius 3 is 2.82 bits per heavy atom. The lowest BCUT2D eigenvalue weighted by Gasteiger charge is -2.29. The standard InChI is InChI=1S/C15H21ClN2O4/c1-4-18(12-7-22-8-13(12)19)15(20)17-11-5-9(2)10(16)6-14(11)21-3/h5-6,12-13,19H,4,7-8H2,1-3H3,(H,17,20). The van der Waals surface area contributed by atoms with Gasteiger partial charge in [-0.3, -0.25) is 0 Å². The van der Waals surface area contributed by atoms with Gasteiger partial charge in [0.1, 0.15) is 5.75 Å². The lowest BCUT2D eigenvalue weighted by atomic mass is 10.2. The minimum atomic E-state index is -0.667.